The molecule has 0 amide bonds. The van der Waals surface area contributed by atoms with Crippen LogP contribution in [0.3, 0.4) is 0 Å². The predicted octanol–water partition coefficient (Wildman–Crippen LogP) is 4.83. The van der Waals surface area contributed by atoms with E-state index in [9.17, 15) is 5.26 Å². The third kappa shape index (κ3) is 2.51. The number of nitriles is 1. The van der Waals surface area contributed by atoms with E-state index in [1.165, 1.54) is 0 Å². The summed E-state index contributed by atoms with van der Waals surface area (Å²) in [6.45, 7) is 0. The zero-order valence-corrected chi connectivity index (χ0v) is 15.6. The number of halogens is 1. The number of methoxy groups -OCH3 is 1. The summed E-state index contributed by atoms with van der Waals surface area (Å²) in [5, 5.41) is 11.9. The summed E-state index contributed by atoms with van der Waals surface area (Å²) in [4.78, 5) is 0. The van der Waals surface area contributed by atoms with E-state index in [0.29, 0.717) is 17.1 Å². The molecule has 0 fully saturated rings. The van der Waals surface area contributed by atoms with Crippen LogP contribution in [0.2, 0.25) is 0 Å². The van der Waals surface area contributed by atoms with Gasteiger partial charge in [-0.25, -0.2) is 0 Å². The maximum atomic E-state index is 9.80. The van der Waals surface area contributed by atoms with Crippen molar-refractivity contribution in [2.24, 2.45) is 5.73 Å². The lowest BCUT2D eigenvalue weighted by atomic mass is 9.81. The van der Waals surface area contributed by atoms with Crippen molar-refractivity contribution in [3.63, 3.8) is 0 Å². The molecule has 0 unspecified atom stereocenters. The van der Waals surface area contributed by atoms with Crippen molar-refractivity contribution in [2.75, 3.05) is 7.11 Å². The predicted molar refractivity (Wildman–Crippen MR) is 104 cm³/mol. The van der Waals surface area contributed by atoms with E-state index in [1.54, 1.807) is 7.11 Å². The van der Waals surface area contributed by atoms with E-state index in [4.69, 9.17) is 15.2 Å². The van der Waals surface area contributed by atoms with Gasteiger partial charge in [-0.15, -0.1) is 0 Å². The van der Waals surface area contributed by atoms with Crippen LogP contribution in [0.25, 0.3) is 10.8 Å². The lowest BCUT2D eigenvalue weighted by Crippen LogP contribution is -2.21. The van der Waals surface area contributed by atoms with Crippen LogP contribution >= 0.6 is 15.9 Å². The third-order valence-electron chi connectivity index (χ3n) is 4.62. The van der Waals surface area contributed by atoms with Crippen molar-refractivity contribution in [2.45, 2.75) is 5.92 Å². The average molecular weight is 407 g/mol. The van der Waals surface area contributed by atoms with Gasteiger partial charge in [0, 0.05) is 15.6 Å². The Bertz CT molecular complexity index is 1100. The van der Waals surface area contributed by atoms with Crippen molar-refractivity contribution in [3.8, 4) is 17.6 Å². The van der Waals surface area contributed by atoms with Gasteiger partial charge in [-0.3, -0.25) is 0 Å². The van der Waals surface area contributed by atoms with E-state index in [0.717, 1.165) is 26.4 Å². The van der Waals surface area contributed by atoms with Crippen molar-refractivity contribution < 1.29 is 9.47 Å². The van der Waals surface area contributed by atoms with Crippen molar-refractivity contribution in [3.05, 3.63) is 81.7 Å². The Balaban J connectivity index is 2.10. The molecule has 0 saturated carbocycles. The normalized spacial score (nSPS) is 16.0. The van der Waals surface area contributed by atoms with Gasteiger partial charge in [0.2, 0.25) is 5.88 Å². The highest BCUT2D eigenvalue weighted by molar-refractivity contribution is 9.10. The molecule has 0 saturated heterocycles. The van der Waals surface area contributed by atoms with Crippen molar-refractivity contribution in [1.82, 2.24) is 0 Å². The Morgan fingerprint density at radius 2 is 1.96 bits per heavy atom. The number of allylic oxidation sites excluding steroid dienone is 1. The fourth-order valence-corrected chi connectivity index (χ4v) is 3.86. The molecule has 26 heavy (non-hydrogen) atoms. The summed E-state index contributed by atoms with van der Waals surface area (Å²) in [6.07, 6.45) is 0. The molecule has 0 spiro atoms. The Morgan fingerprint density at radius 1 is 1.15 bits per heavy atom. The van der Waals surface area contributed by atoms with Crippen molar-refractivity contribution >= 4 is 26.7 Å². The highest BCUT2D eigenvalue weighted by atomic mass is 79.9. The zero-order chi connectivity index (χ0) is 18.3. The molecule has 0 radical (unpaired) electrons. The molecule has 2 N–H and O–H groups in total. The number of hydrogen-bond acceptors (Lipinski definition) is 4. The fraction of sp³-hybridized carbons (Fsp3) is 0.0952. The van der Waals surface area contributed by atoms with Gasteiger partial charge in [0.1, 0.15) is 23.1 Å². The van der Waals surface area contributed by atoms with E-state index >= 15 is 0 Å². The summed E-state index contributed by atoms with van der Waals surface area (Å²) in [5.74, 6) is 1.11. The SMILES string of the molecule is COc1ccc(Br)cc1[C@H]1C(C#N)=C(N)Oc2ccc3ccccc3c21. The molecule has 1 aliphatic heterocycles. The first kappa shape index (κ1) is 16.5. The van der Waals surface area contributed by atoms with Gasteiger partial charge < -0.3 is 15.2 Å². The number of nitrogens with two attached hydrogens (primary N) is 1. The smallest absolute Gasteiger partial charge is 0.205 e. The van der Waals surface area contributed by atoms with Crippen LogP contribution in [0.15, 0.2) is 70.5 Å². The van der Waals surface area contributed by atoms with E-state index < -0.39 is 0 Å². The molecule has 1 atom stereocenters. The Hall–Kier alpha value is -2.97. The van der Waals surface area contributed by atoms with Crippen LogP contribution in [0, 0.1) is 11.3 Å². The molecule has 0 aliphatic carbocycles. The third-order valence-corrected chi connectivity index (χ3v) is 5.11. The number of nitrogens with zero attached hydrogens (tertiary/aromatic N) is 1. The molecule has 0 aromatic heterocycles. The van der Waals surface area contributed by atoms with E-state index in [1.807, 2.05) is 54.6 Å². The number of hydrogen-bond donors (Lipinski definition) is 1. The lowest BCUT2D eigenvalue weighted by Gasteiger charge is -2.28. The standard InChI is InChI=1S/C21H15BrN2O2/c1-25-17-9-7-13(22)10-15(17)19-16(11-23)21(24)26-18-8-6-12-4-2-3-5-14(12)20(18)19/h2-10,19H,24H2,1H3/t19-/m0/s1. The minimum atomic E-state index is -0.373. The molecule has 1 aliphatic rings. The molecular formula is C21H15BrN2O2. The molecule has 128 valence electrons. The molecule has 5 heteroatoms. The first-order chi connectivity index (χ1) is 12.6. The lowest BCUT2D eigenvalue weighted by molar-refractivity contribution is 0.388. The summed E-state index contributed by atoms with van der Waals surface area (Å²) in [6, 6.07) is 19.9. The zero-order valence-electron chi connectivity index (χ0n) is 14.0. The highest BCUT2D eigenvalue weighted by Gasteiger charge is 2.34. The minimum absolute atomic E-state index is 0.127. The first-order valence-corrected chi connectivity index (χ1v) is 8.86. The molecule has 4 rings (SSSR count). The number of ether oxygens (including phenoxy) is 2. The van der Waals surface area contributed by atoms with Crippen LogP contribution in [-0.2, 0) is 0 Å². The molecule has 3 aromatic rings. The molecule has 0 bridgehead atoms. The summed E-state index contributed by atoms with van der Waals surface area (Å²) in [7, 11) is 1.62. The van der Waals surface area contributed by atoms with Crippen molar-refractivity contribution in [1.29, 1.82) is 5.26 Å². The summed E-state index contributed by atoms with van der Waals surface area (Å²) in [5.41, 5.74) is 8.25. The van der Waals surface area contributed by atoms with Crippen LogP contribution in [-0.4, -0.2) is 7.11 Å². The van der Waals surface area contributed by atoms with E-state index in [2.05, 4.69) is 22.0 Å². The largest absolute Gasteiger partial charge is 0.496 e. The number of fused-ring (bicyclic) bond motifs is 3. The Kier molecular flexibility index (Phi) is 4.06. The average Bonchev–Trinajstić information content (AvgIpc) is 2.66. The monoisotopic (exact) mass is 406 g/mol. The van der Waals surface area contributed by atoms with Gasteiger partial charge in [-0.05, 0) is 35.0 Å². The molecule has 1 heterocycles. The van der Waals surface area contributed by atoms with Crippen LogP contribution in [0.5, 0.6) is 11.5 Å². The maximum Gasteiger partial charge on any atom is 0.205 e. The topological polar surface area (TPSA) is 68.3 Å². The second kappa shape index (κ2) is 6.40. The second-order valence-electron chi connectivity index (χ2n) is 6.01. The first-order valence-electron chi connectivity index (χ1n) is 8.06. The number of benzene rings is 3. The minimum Gasteiger partial charge on any atom is -0.496 e. The molecule has 4 nitrogen and oxygen atoms in total. The number of rotatable bonds is 2. The Labute approximate surface area is 159 Å². The second-order valence-corrected chi connectivity index (χ2v) is 6.93. The van der Waals surface area contributed by atoms with Gasteiger partial charge in [0.15, 0.2) is 0 Å². The molecular weight excluding hydrogens is 392 g/mol. The maximum absolute atomic E-state index is 9.80. The molecule has 3 aromatic carbocycles. The van der Waals surface area contributed by atoms with Crippen LogP contribution in [0.4, 0.5) is 0 Å². The van der Waals surface area contributed by atoms with Gasteiger partial charge in [-0.1, -0.05) is 46.3 Å². The highest BCUT2D eigenvalue weighted by Crippen LogP contribution is 2.48. The van der Waals surface area contributed by atoms with Crippen LogP contribution < -0.4 is 15.2 Å². The Morgan fingerprint density at radius 3 is 2.73 bits per heavy atom. The van der Waals surface area contributed by atoms with Gasteiger partial charge in [0.25, 0.3) is 0 Å². The van der Waals surface area contributed by atoms with Crippen LogP contribution in [0.1, 0.15) is 17.0 Å². The van der Waals surface area contributed by atoms with Gasteiger partial charge in [-0.2, -0.15) is 5.26 Å². The van der Waals surface area contributed by atoms with E-state index in [-0.39, 0.29) is 11.8 Å². The fourth-order valence-electron chi connectivity index (χ4n) is 3.48. The summed E-state index contributed by atoms with van der Waals surface area (Å²) >= 11 is 3.52. The quantitative estimate of drug-likeness (QED) is 0.661. The van der Waals surface area contributed by atoms with Gasteiger partial charge in [0.05, 0.1) is 13.0 Å². The van der Waals surface area contributed by atoms with Gasteiger partial charge >= 0.3 is 0 Å². The summed E-state index contributed by atoms with van der Waals surface area (Å²) < 4.78 is 12.3.